The number of hydrogen-bond donors (Lipinski definition) is 1. The molecule has 0 aliphatic rings. The van der Waals surface area contributed by atoms with E-state index in [1.165, 1.54) is 12.1 Å². The molecule has 0 radical (unpaired) electrons. The molecule has 134 valence electrons. The lowest BCUT2D eigenvalue weighted by Gasteiger charge is -2.17. The van der Waals surface area contributed by atoms with Crippen molar-refractivity contribution < 1.29 is 9.18 Å². The summed E-state index contributed by atoms with van der Waals surface area (Å²) in [5, 5.41) is 6.01. The number of aryl methyl sites for hydroxylation is 1. The predicted molar refractivity (Wildman–Crippen MR) is 103 cm³/mol. The zero-order chi connectivity index (χ0) is 18.4. The van der Waals surface area contributed by atoms with Gasteiger partial charge in [-0.15, -0.1) is 11.3 Å². The molecule has 3 rings (SSSR count). The molecule has 0 spiro atoms. The zero-order valence-electron chi connectivity index (χ0n) is 14.6. The molecule has 5 heteroatoms. The number of nitrogens with one attached hydrogen (secondary N) is 1. The van der Waals surface area contributed by atoms with E-state index in [0.29, 0.717) is 12.0 Å². The van der Waals surface area contributed by atoms with Crippen molar-refractivity contribution in [3.8, 4) is 0 Å². The minimum atomic E-state index is -0.330. The van der Waals surface area contributed by atoms with Crippen LogP contribution in [0.2, 0.25) is 0 Å². The largest absolute Gasteiger partial charge is 0.346 e. The number of hydrogen-bond acceptors (Lipinski definition) is 3. The van der Waals surface area contributed by atoms with Gasteiger partial charge in [-0.05, 0) is 36.1 Å². The third-order valence-corrected chi connectivity index (χ3v) is 5.11. The Bertz CT molecular complexity index is 863. The van der Waals surface area contributed by atoms with Crippen molar-refractivity contribution in [2.24, 2.45) is 0 Å². The Morgan fingerprint density at radius 1 is 1.15 bits per heavy atom. The number of carbonyl (C=O) groups excluding carboxylic acids is 1. The molecule has 0 saturated heterocycles. The van der Waals surface area contributed by atoms with Gasteiger partial charge < -0.3 is 5.32 Å². The molecular weight excluding hydrogens is 347 g/mol. The molecule has 1 atom stereocenters. The zero-order valence-corrected chi connectivity index (χ0v) is 15.4. The highest BCUT2D eigenvalue weighted by atomic mass is 32.1. The maximum Gasteiger partial charge on any atom is 0.224 e. The van der Waals surface area contributed by atoms with Crippen LogP contribution in [0.1, 0.15) is 34.8 Å². The van der Waals surface area contributed by atoms with E-state index in [9.17, 15) is 9.18 Å². The number of carbonyl (C=O) groups is 1. The van der Waals surface area contributed by atoms with E-state index in [4.69, 9.17) is 0 Å². The summed E-state index contributed by atoms with van der Waals surface area (Å²) in [6.07, 6.45) is 1.69. The van der Waals surface area contributed by atoms with E-state index < -0.39 is 0 Å². The summed E-state index contributed by atoms with van der Waals surface area (Å²) < 4.78 is 13.3. The van der Waals surface area contributed by atoms with Crippen LogP contribution in [0.4, 0.5) is 4.39 Å². The second-order valence-electron chi connectivity index (χ2n) is 6.15. The van der Waals surface area contributed by atoms with Crippen LogP contribution in [-0.2, 0) is 24.1 Å². The molecule has 1 N–H and O–H groups in total. The number of rotatable bonds is 7. The quantitative estimate of drug-likeness (QED) is 0.668. The van der Waals surface area contributed by atoms with Gasteiger partial charge in [0.25, 0.3) is 0 Å². The first-order chi connectivity index (χ1) is 12.6. The lowest BCUT2D eigenvalue weighted by atomic mass is 10.1. The van der Waals surface area contributed by atoms with E-state index in [2.05, 4.69) is 17.2 Å². The molecule has 3 aromatic rings. The maximum atomic E-state index is 13.3. The van der Waals surface area contributed by atoms with Crippen LogP contribution in [0.25, 0.3) is 0 Å². The summed E-state index contributed by atoms with van der Waals surface area (Å²) >= 11 is 1.57. The molecule has 0 bridgehead atoms. The van der Waals surface area contributed by atoms with E-state index in [1.807, 2.05) is 35.7 Å². The molecule has 26 heavy (non-hydrogen) atoms. The fourth-order valence-electron chi connectivity index (χ4n) is 2.77. The Kier molecular flexibility index (Phi) is 6.12. The second kappa shape index (κ2) is 8.72. The first-order valence-corrected chi connectivity index (χ1v) is 9.54. The van der Waals surface area contributed by atoms with E-state index in [0.717, 1.165) is 22.7 Å². The Hall–Kier alpha value is -2.53. The molecular formula is C21H21FN2OS. The maximum absolute atomic E-state index is 13.3. The second-order valence-corrected chi connectivity index (χ2v) is 7.04. The SMILES string of the molecule is CCc1csc([C@H](Cc2ccccc2)NC(=O)Cc2cccc(F)c2)n1. The minimum Gasteiger partial charge on any atom is -0.346 e. The molecule has 3 nitrogen and oxygen atoms in total. The summed E-state index contributed by atoms with van der Waals surface area (Å²) in [5.41, 5.74) is 2.83. The molecule has 0 unspecified atom stereocenters. The standard InChI is InChI=1S/C21H21FN2OS/c1-2-18-14-26-21(23-18)19(12-15-7-4-3-5-8-15)24-20(25)13-16-9-6-10-17(22)11-16/h3-11,14,19H,2,12-13H2,1H3,(H,24,25)/t19-/m0/s1. The van der Waals surface area contributed by atoms with Gasteiger partial charge in [0, 0.05) is 5.38 Å². The number of nitrogens with zero attached hydrogens (tertiary/aromatic N) is 1. The van der Waals surface area contributed by atoms with Crippen molar-refractivity contribution in [3.63, 3.8) is 0 Å². The molecule has 1 amide bonds. The molecule has 0 fully saturated rings. The van der Waals surface area contributed by atoms with Gasteiger partial charge in [0.15, 0.2) is 0 Å². The number of amides is 1. The van der Waals surface area contributed by atoms with Gasteiger partial charge in [0.2, 0.25) is 5.91 Å². The number of halogens is 1. The summed E-state index contributed by atoms with van der Waals surface area (Å²) in [6, 6.07) is 16.0. The summed E-state index contributed by atoms with van der Waals surface area (Å²) in [6.45, 7) is 2.06. The normalized spacial score (nSPS) is 11.9. The predicted octanol–water partition coefficient (Wildman–Crippen LogP) is 4.49. The van der Waals surface area contributed by atoms with Crippen LogP contribution in [-0.4, -0.2) is 10.9 Å². The van der Waals surface area contributed by atoms with Gasteiger partial charge in [-0.2, -0.15) is 0 Å². The van der Waals surface area contributed by atoms with Gasteiger partial charge in [-0.3, -0.25) is 4.79 Å². The topological polar surface area (TPSA) is 42.0 Å². The molecule has 0 aliphatic carbocycles. The molecule has 0 aliphatic heterocycles. The van der Waals surface area contributed by atoms with Crippen LogP contribution < -0.4 is 5.32 Å². The highest BCUT2D eigenvalue weighted by molar-refractivity contribution is 7.09. The summed E-state index contributed by atoms with van der Waals surface area (Å²) in [5.74, 6) is -0.464. The fourth-order valence-corrected chi connectivity index (χ4v) is 3.73. The van der Waals surface area contributed by atoms with E-state index in [1.54, 1.807) is 23.5 Å². The van der Waals surface area contributed by atoms with Crippen LogP contribution in [0.15, 0.2) is 60.0 Å². The Balaban J connectivity index is 1.75. The Morgan fingerprint density at radius 3 is 2.62 bits per heavy atom. The van der Waals surface area contributed by atoms with Crippen molar-refractivity contribution in [3.05, 3.63) is 87.6 Å². The monoisotopic (exact) mass is 368 g/mol. The average molecular weight is 368 g/mol. The smallest absolute Gasteiger partial charge is 0.224 e. The molecule has 2 aromatic carbocycles. The highest BCUT2D eigenvalue weighted by Crippen LogP contribution is 2.23. The first-order valence-electron chi connectivity index (χ1n) is 8.66. The Labute approximate surface area is 156 Å². The van der Waals surface area contributed by atoms with Crippen LogP contribution in [0, 0.1) is 5.82 Å². The van der Waals surface area contributed by atoms with Crippen molar-refractivity contribution in [2.45, 2.75) is 32.2 Å². The van der Waals surface area contributed by atoms with Crippen molar-refractivity contribution >= 4 is 17.2 Å². The molecule has 0 saturated carbocycles. The number of benzene rings is 2. The van der Waals surface area contributed by atoms with Gasteiger partial charge in [-0.1, -0.05) is 49.4 Å². The van der Waals surface area contributed by atoms with Crippen LogP contribution in [0.5, 0.6) is 0 Å². The average Bonchev–Trinajstić information content (AvgIpc) is 3.11. The Morgan fingerprint density at radius 2 is 1.92 bits per heavy atom. The fraction of sp³-hybridized carbons (Fsp3) is 0.238. The number of aromatic nitrogens is 1. The van der Waals surface area contributed by atoms with Gasteiger partial charge in [0.05, 0.1) is 18.2 Å². The third-order valence-electron chi connectivity index (χ3n) is 4.10. The van der Waals surface area contributed by atoms with Crippen LogP contribution in [0.3, 0.4) is 0 Å². The molecule has 1 aromatic heterocycles. The van der Waals surface area contributed by atoms with Gasteiger partial charge in [0.1, 0.15) is 10.8 Å². The van der Waals surface area contributed by atoms with Gasteiger partial charge >= 0.3 is 0 Å². The lowest BCUT2D eigenvalue weighted by Crippen LogP contribution is -2.31. The highest BCUT2D eigenvalue weighted by Gasteiger charge is 2.19. The third kappa shape index (κ3) is 4.99. The minimum absolute atomic E-state index is 0.134. The summed E-state index contributed by atoms with van der Waals surface area (Å²) in [7, 11) is 0. The van der Waals surface area contributed by atoms with Crippen LogP contribution >= 0.6 is 11.3 Å². The van der Waals surface area contributed by atoms with Gasteiger partial charge in [-0.25, -0.2) is 9.37 Å². The van der Waals surface area contributed by atoms with Crippen molar-refractivity contribution in [2.75, 3.05) is 0 Å². The summed E-state index contributed by atoms with van der Waals surface area (Å²) in [4.78, 5) is 17.2. The van der Waals surface area contributed by atoms with Crippen molar-refractivity contribution in [1.82, 2.24) is 10.3 Å². The lowest BCUT2D eigenvalue weighted by molar-refractivity contribution is -0.121. The van der Waals surface area contributed by atoms with Crippen molar-refractivity contribution in [1.29, 1.82) is 0 Å². The van der Waals surface area contributed by atoms with E-state index >= 15 is 0 Å². The molecule has 1 heterocycles. The first kappa shape index (κ1) is 18.3. The number of thiazole rings is 1. The van der Waals surface area contributed by atoms with E-state index in [-0.39, 0.29) is 24.2 Å².